The van der Waals surface area contributed by atoms with Gasteiger partial charge in [-0.15, -0.1) is 0 Å². The fourth-order valence-corrected chi connectivity index (χ4v) is 3.11. The molecule has 0 bridgehead atoms. The molecule has 1 aliphatic carbocycles. The van der Waals surface area contributed by atoms with E-state index in [0.29, 0.717) is 17.3 Å². The Bertz CT molecular complexity index is 527. The van der Waals surface area contributed by atoms with Crippen molar-refractivity contribution in [2.24, 2.45) is 11.8 Å². The van der Waals surface area contributed by atoms with E-state index in [4.69, 9.17) is 0 Å². The fraction of sp³-hybridized carbons (Fsp3) is 0.533. The zero-order valence-electron chi connectivity index (χ0n) is 11.2. The number of carbonyl (C=O) groups excluding carboxylic acids is 1. The third-order valence-electron chi connectivity index (χ3n) is 3.97. The van der Waals surface area contributed by atoms with Gasteiger partial charge >= 0.3 is 6.18 Å². The lowest BCUT2D eigenvalue weighted by Crippen LogP contribution is -2.32. The molecular weight excluding hydrogens is 352 g/mol. The van der Waals surface area contributed by atoms with Crippen LogP contribution < -0.4 is 0 Å². The Balaban J connectivity index is 2.03. The van der Waals surface area contributed by atoms with Crippen LogP contribution in [0, 0.1) is 17.7 Å². The van der Waals surface area contributed by atoms with Crippen LogP contribution in [0.15, 0.2) is 22.7 Å². The van der Waals surface area contributed by atoms with E-state index in [9.17, 15) is 22.4 Å². The number of rotatable bonds is 3. The van der Waals surface area contributed by atoms with Crippen LogP contribution in [0.1, 0.15) is 31.2 Å². The molecule has 0 aromatic heterocycles. The summed E-state index contributed by atoms with van der Waals surface area (Å²) in [6.45, 7) is 0. The first-order valence-corrected chi connectivity index (χ1v) is 7.60. The van der Waals surface area contributed by atoms with Gasteiger partial charge in [-0.05, 0) is 37.0 Å². The van der Waals surface area contributed by atoms with Crippen molar-refractivity contribution in [2.75, 3.05) is 0 Å². The number of carbonyl (C=O) groups is 1. The van der Waals surface area contributed by atoms with Gasteiger partial charge in [0.05, 0.1) is 5.92 Å². The average molecular weight is 367 g/mol. The molecule has 0 heterocycles. The summed E-state index contributed by atoms with van der Waals surface area (Å²) in [6.07, 6.45) is -3.62. The molecule has 0 aliphatic heterocycles. The Morgan fingerprint density at radius 3 is 2.62 bits per heavy atom. The van der Waals surface area contributed by atoms with Crippen LogP contribution in [0.2, 0.25) is 0 Å². The van der Waals surface area contributed by atoms with Crippen molar-refractivity contribution in [3.63, 3.8) is 0 Å². The molecule has 6 heteroatoms. The molecule has 2 rings (SSSR count). The maximum atomic E-state index is 13.7. The van der Waals surface area contributed by atoms with Gasteiger partial charge in [-0.2, -0.15) is 13.2 Å². The van der Waals surface area contributed by atoms with Gasteiger partial charge in [0.1, 0.15) is 11.6 Å². The van der Waals surface area contributed by atoms with Gasteiger partial charge in [0, 0.05) is 16.8 Å². The molecule has 1 saturated carbocycles. The zero-order valence-corrected chi connectivity index (χ0v) is 12.8. The maximum absolute atomic E-state index is 13.7. The third-order valence-corrected chi connectivity index (χ3v) is 4.47. The minimum absolute atomic E-state index is 0.0833. The molecule has 2 atom stereocenters. The molecule has 0 radical (unpaired) electrons. The molecule has 0 amide bonds. The molecule has 1 aromatic rings. The SMILES string of the molecule is O=C(Cc1ccc(Br)cc1F)C1CCCC(C(F)(F)F)C1. The first-order valence-electron chi connectivity index (χ1n) is 6.80. The number of hydrogen-bond acceptors (Lipinski definition) is 1. The molecule has 21 heavy (non-hydrogen) atoms. The maximum Gasteiger partial charge on any atom is 0.391 e. The molecule has 0 saturated heterocycles. The Hall–Kier alpha value is -0.910. The second-order valence-corrected chi connectivity index (χ2v) is 6.40. The summed E-state index contributed by atoms with van der Waals surface area (Å²) in [5, 5.41) is 0. The van der Waals surface area contributed by atoms with Crippen molar-refractivity contribution >= 4 is 21.7 Å². The number of benzene rings is 1. The molecule has 1 nitrogen and oxygen atoms in total. The highest BCUT2D eigenvalue weighted by atomic mass is 79.9. The number of Topliss-reactive ketones (excluding diaryl/α,β-unsaturated/α-hetero) is 1. The molecular formula is C15H15BrF4O. The van der Waals surface area contributed by atoms with Crippen LogP contribution >= 0.6 is 15.9 Å². The van der Waals surface area contributed by atoms with Crippen LogP contribution in [0.3, 0.4) is 0 Å². The van der Waals surface area contributed by atoms with Crippen molar-refractivity contribution in [1.82, 2.24) is 0 Å². The number of hydrogen-bond donors (Lipinski definition) is 0. The second kappa shape index (κ2) is 6.46. The Kier molecular flexibility index (Phi) is 5.07. The zero-order chi connectivity index (χ0) is 15.6. The third kappa shape index (κ3) is 4.28. The molecule has 1 fully saturated rings. The van der Waals surface area contributed by atoms with Crippen LogP contribution in [0.25, 0.3) is 0 Å². The highest BCUT2D eigenvalue weighted by Gasteiger charge is 2.43. The van der Waals surface area contributed by atoms with Crippen molar-refractivity contribution in [3.8, 4) is 0 Å². The summed E-state index contributed by atoms with van der Waals surface area (Å²) < 4.78 is 52.5. The summed E-state index contributed by atoms with van der Waals surface area (Å²) in [5.74, 6) is -2.84. The van der Waals surface area contributed by atoms with Crippen LogP contribution in [0.5, 0.6) is 0 Å². The van der Waals surface area contributed by atoms with Crippen molar-refractivity contribution in [2.45, 2.75) is 38.3 Å². The summed E-state index contributed by atoms with van der Waals surface area (Å²) in [5.41, 5.74) is 0.234. The predicted octanol–water partition coefficient (Wildman–Crippen LogP) is 5.07. The lowest BCUT2D eigenvalue weighted by molar-refractivity contribution is -0.186. The number of alkyl halides is 3. The van der Waals surface area contributed by atoms with Gasteiger partial charge in [0.2, 0.25) is 0 Å². The highest BCUT2D eigenvalue weighted by Crippen LogP contribution is 2.40. The molecule has 0 N–H and O–H groups in total. The summed E-state index contributed by atoms with van der Waals surface area (Å²) >= 11 is 3.12. The number of halogens is 5. The highest BCUT2D eigenvalue weighted by molar-refractivity contribution is 9.10. The van der Waals surface area contributed by atoms with Gasteiger partial charge in [0.15, 0.2) is 0 Å². The molecule has 0 spiro atoms. The first kappa shape index (κ1) is 16.5. The van der Waals surface area contributed by atoms with Crippen LogP contribution in [-0.2, 0) is 11.2 Å². The smallest absolute Gasteiger partial charge is 0.299 e. The Morgan fingerprint density at radius 2 is 2.00 bits per heavy atom. The van der Waals surface area contributed by atoms with E-state index in [2.05, 4.69) is 15.9 Å². The van der Waals surface area contributed by atoms with Gasteiger partial charge in [0.25, 0.3) is 0 Å². The minimum Gasteiger partial charge on any atom is -0.299 e. The van der Waals surface area contributed by atoms with Gasteiger partial charge in [-0.25, -0.2) is 4.39 Å². The number of ketones is 1. The first-order chi connectivity index (χ1) is 9.77. The second-order valence-electron chi connectivity index (χ2n) is 5.48. The average Bonchev–Trinajstić information content (AvgIpc) is 2.41. The van der Waals surface area contributed by atoms with E-state index in [-0.39, 0.29) is 30.6 Å². The van der Waals surface area contributed by atoms with Gasteiger partial charge < -0.3 is 0 Å². The standard InChI is InChI=1S/C15H15BrF4O/c16-12-5-4-9(13(17)8-12)7-14(21)10-2-1-3-11(6-10)15(18,19)20/h4-5,8,10-11H,1-3,6-7H2. The van der Waals surface area contributed by atoms with Gasteiger partial charge in [-0.3, -0.25) is 4.79 Å². The lowest BCUT2D eigenvalue weighted by atomic mass is 9.78. The predicted molar refractivity (Wildman–Crippen MR) is 74.3 cm³/mol. The quantitative estimate of drug-likeness (QED) is 0.682. The molecule has 2 unspecified atom stereocenters. The summed E-state index contributed by atoms with van der Waals surface area (Å²) in [6, 6.07) is 4.36. The van der Waals surface area contributed by atoms with Crippen LogP contribution in [-0.4, -0.2) is 12.0 Å². The molecule has 116 valence electrons. The van der Waals surface area contributed by atoms with Crippen molar-refractivity contribution in [1.29, 1.82) is 0 Å². The van der Waals surface area contributed by atoms with E-state index < -0.39 is 23.8 Å². The van der Waals surface area contributed by atoms with E-state index >= 15 is 0 Å². The summed E-state index contributed by atoms with van der Waals surface area (Å²) in [7, 11) is 0. The normalized spacial score (nSPS) is 23.1. The monoisotopic (exact) mass is 366 g/mol. The van der Waals surface area contributed by atoms with Gasteiger partial charge in [-0.1, -0.05) is 28.4 Å². The summed E-state index contributed by atoms with van der Waals surface area (Å²) in [4.78, 5) is 12.1. The Labute approximate surface area is 128 Å². The fourth-order valence-electron chi connectivity index (χ4n) is 2.78. The topological polar surface area (TPSA) is 17.1 Å². The largest absolute Gasteiger partial charge is 0.391 e. The lowest BCUT2D eigenvalue weighted by Gasteiger charge is -2.29. The molecule has 1 aromatic carbocycles. The Morgan fingerprint density at radius 1 is 1.29 bits per heavy atom. The van der Waals surface area contributed by atoms with E-state index in [1.165, 1.54) is 12.1 Å². The van der Waals surface area contributed by atoms with Crippen molar-refractivity contribution in [3.05, 3.63) is 34.1 Å². The van der Waals surface area contributed by atoms with E-state index in [1.54, 1.807) is 6.07 Å². The van der Waals surface area contributed by atoms with E-state index in [0.717, 1.165) is 0 Å². The molecule has 1 aliphatic rings. The minimum atomic E-state index is -4.25. The van der Waals surface area contributed by atoms with Crippen LogP contribution in [0.4, 0.5) is 17.6 Å². The van der Waals surface area contributed by atoms with E-state index in [1.807, 2.05) is 0 Å². The van der Waals surface area contributed by atoms with Crippen molar-refractivity contribution < 1.29 is 22.4 Å².